The van der Waals surface area contributed by atoms with Crippen molar-refractivity contribution in [3.63, 3.8) is 0 Å². The van der Waals surface area contributed by atoms with Gasteiger partial charge in [-0.25, -0.2) is 0 Å². The molecule has 1 fully saturated rings. The maximum Gasteiger partial charge on any atom is 0.255 e. The number of carbonyl (C=O) groups excluding carboxylic acids is 1. The van der Waals surface area contributed by atoms with Crippen molar-refractivity contribution in [2.75, 3.05) is 5.73 Å². The molecular formula is C17H17ClN2O. The highest BCUT2D eigenvalue weighted by molar-refractivity contribution is 6.36. The molecule has 4 heteroatoms. The molecule has 2 N–H and O–H groups in total. The molecule has 0 spiro atoms. The third kappa shape index (κ3) is 3.03. The molecule has 1 aliphatic carbocycles. The Bertz CT molecular complexity index is 653. The molecule has 108 valence electrons. The highest BCUT2D eigenvalue weighted by Gasteiger charge is 2.33. The molecule has 3 nitrogen and oxygen atoms in total. The van der Waals surface area contributed by atoms with Crippen LogP contribution in [0.3, 0.4) is 0 Å². The van der Waals surface area contributed by atoms with Crippen molar-refractivity contribution in [2.45, 2.75) is 25.4 Å². The predicted molar refractivity (Wildman–Crippen MR) is 85.2 cm³/mol. The van der Waals surface area contributed by atoms with Gasteiger partial charge in [-0.1, -0.05) is 48.0 Å². The van der Waals surface area contributed by atoms with Crippen LogP contribution in [0.1, 0.15) is 28.8 Å². The van der Waals surface area contributed by atoms with E-state index in [1.54, 1.807) is 18.2 Å². The van der Waals surface area contributed by atoms with Crippen LogP contribution in [0.4, 0.5) is 5.69 Å². The Hall–Kier alpha value is -2.00. The predicted octanol–water partition coefficient (Wildman–Crippen LogP) is 3.73. The molecule has 0 atom stereocenters. The number of amides is 1. The van der Waals surface area contributed by atoms with E-state index >= 15 is 0 Å². The first-order valence-electron chi connectivity index (χ1n) is 7.05. The Labute approximate surface area is 129 Å². The van der Waals surface area contributed by atoms with Gasteiger partial charge in [0.25, 0.3) is 5.91 Å². The Kier molecular flexibility index (Phi) is 3.84. The van der Waals surface area contributed by atoms with Crippen molar-refractivity contribution in [3.8, 4) is 0 Å². The minimum Gasteiger partial charge on any atom is -0.398 e. The van der Waals surface area contributed by atoms with Gasteiger partial charge in [0.1, 0.15) is 0 Å². The Morgan fingerprint density at radius 2 is 1.86 bits per heavy atom. The monoisotopic (exact) mass is 300 g/mol. The van der Waals surface area contributed by atoms with Crippen LogP contribution in [0.15, 0.2) is 48.5 Å². The molecule has 0 heterocycles. The first-order valence-corrected chi connectivity index (χ1v) is 7.43. The van der Waals surface area contributed by atoms with E-state index in [0.29, 0.717) is 28.9 Å². The second kappa shape index (κ2) is 5.78. The molecule has 0 aliphatic heterocycles. The average molecular weight is 301 g/mol. The second-order valence-corrected chi connectivity index (χ2v) is 5.74. The van der Waals surface area contributed by atoms with Gasteiger partial charge in [-0.2, -0.15) is 0 Å². The maximum atomic E-state index is 12.8. The van der Waals surface area contributed by atoms with E-state index in [1.165, 1.54) is 0 Å². The molecule has 0 saturated heterocycles. The van der Waals surface area contributed by atoms with Gasteiger partial charge < -0.3 is 10.6 Å². The molecule has 3 rings (SSSR count). The van der Waals surface area contributed by atoms with Crippen molar-refractivity contribution < 1.29 is 4.79 Å². The fraction of sp³-hybridized carbons (Fsp3) is 0.235. The van der Waals surface area contributed by atoms with Crippen LogP contribution in [0.5, 0.6) is 0 Å². The van der Waals surface area contributed by atoms with E-state index in [9.17, 15) is 4.79 Å². The van der Waals surface area contributed by atoms with Crippen molar-refractivity contribution in [1.29, 1.82) is 0 Å². The first-order chi connectivity index (χ1) is 10.2. The van der Waals surface area contributed by atoms with Crippen LogP contribution in [-0.2, 0) is 6.54 Å². The summed E-state index contributed by atoms with van der Waals surface area (Å²) in [6, 6.07) is 15.5. The van der Waals surface area contributed by atoms with E-state index in [2.05, 4.69) is 0 Å². The largest absolute Gasteiger partial charge is 0.398 e. The molecule has 1 amide bonds. The van der Waals surface area contributed by atoms with E-state index in [1.807, 2.05) is 35.2 Å². The zero-order chi connectivity index (χ0) is 14.8. The number of nitrogens with two attached hydrogens (primary N) is 1. The third-order valence-electron chi connectivity index (χ3n) is 3.70. The number of halogens is 1. The average Bonchev–Trinajstić information content (AvgIpc) is 3.33. The van der Waals surface area contributed by atoms with Crippen LogP contribution in [-0.4, -0.2) is 16.8 Å². The molecule has 0 bridgehead atoms. The Balaban J connectivity index is 1.87. The fourth-order valence-electron chi connectivity index (χ4n) is 2.40. The molecule has 0 radical (unpaired) electrons. The quantitative estimate of drug-likeness (QED) is 0.875. The Morgan fingerprint density at radius 3 is 2.52 bits per heavy atom. The highest BCUT2D eigenvalue weighted by atomic mass is 35.5. The summed E-state index contributed by atoms with van der Waals surface area (Å²) in [5.41, 5.74) is 7.85. The van der Waals surface area contributed by atoms with Gasteiger partial charge in [0.15, 0.2) is 0 Å². The van der Waals surface area contributed by atoms with Crippen molar-refractivity contribution in [1.82, 2.24) is 4.90 Å². The summed E-state index contributed by atoms with van der Waals surface area (Å²) in [4.78, 5) is 14.7. The van der Waals surface area contributed by atoms with E-state index in [-0.39, 0.29) is 5.91 Å². The van der Waals surface area contributed by atoms with Crippen molar-refractivity contribution in [2.24, 2.45) is 0 Å². The van der Waals surface area contributed by atoms with Crippen molar-refractivity contribution >= 4 is 23.2 Å². The lowest BCUT2D eigenvalue weighted by atomic mass is 10.1. The molecular weight excluding hydrogens is 284 g/mol. The summed E-state index contributed by atoms with van der Waals surface area (Å²) < 4.78 is 0. The lowest BCUT2D eigenvalue weighted by molar-refractivity contribution is 0.0730. The zero-order valence-electron chi connectivity index (χ0n) is 11.6. The number of carbonyl (C=O) groups is 1. The van der Waals surface area contributed by atoms with Crippen LogP contribution in [0.2, 0.25) is 5.02 Å². The SMILES string of the molecule is Nc1cccc(C(=O)N(Cc2ccccc2)C2CC2)c1Cl. The van der Waals surface area contributed by atoms with Gasteiger partial charge in [-0.3, -0.25) is 4.79 Å². The van der Waals surface area contributed by atoms with Crippen LogP contribution >= 0.6 is 11.6 Å². The van der Waals surface area contributed by atoms with Gasteiger partial charge in [-0.15, -0.1) is 0 Å². The summed E-state index contributed by atoms with van der Waals surface area (Å²) in [7, 11) is 0. The summed E-state index contributed by atoms with van der Waals surface area (Å²) in [6.45, 7) is 0.607. The van der Waals surface area contributed by atoms with Crippen molar-refractivity contribution in [3.05, 3.63) is 64.7 Å². The van der Waals surface area contributed by atoms with Gasteiger partial charge in [0.05, 0.1) is 16.3 Å². The number of rotatable bonds is 4. The first kappa shape index (κ1) is 14.0. The molecule has 2 aromatic rings. The molecule has 2 aromatic carbocycles. The highest BCUT2D eigenvalue weighted by Crippen LogP contribution is 2.32. The minimum absolute atomic E-state index is 0.0429. The summed E-state index contributed by atoms with van der Waals surface area (Å²) in [5, 5.41) is 0.348. The van der Waals surface area contributed by atoms with Gasteiger partial charge in [0, 0.05) is 12.6 Å². The summed E-state index contributed by atoms with van der Waals surface area (Å²) >= 11 is 6.19. The lowest BCUT2D eigenvalue weighted by Gasteiger charge is -2.23. The smallest absolute Gasteiger partial charge is 0.255 e. The van der Waals surface area contributed by atoms with E-state index in [4.69, 9.17) is 17.3 Å². The number of nitrogens with zero attached hydrogens (tertiary/aromatic N) is 1. The number of hydrogen-bond donors (Lipinski definition) is 1. The summed E-state index contributed by atoms with van der Waals surface area (Å²) in [5.74, 6) is -0.0429. The van der Waals surface area contributed by atoms with Gasteiger partial charge in [0.2, 0.25) is 0 Å². The summed E-state index contributed by atoms with van der Waals surface area (Å²) in [6.07, 6.45) is 2.11. The number of hydrogen-bond acceptors (Lipinski definition) is 2. The van der Waals surface area contributed by atoms with E-state index < -0.39 is 0 Å². The zero-order valence-corrected chi connectivity index (χ0v) is 12.4. The number of nitrogen functional groups attached to an aromatic ring is 1. The molecule has 0 unspecified atom stereocenters. The van der Waals surface area contributed by atoms with E-state index in [0.717, 1.165) is 18.4 Å². The fourth-order valence-corrected chi connectivity index (χ4v) is 2.61. The molecule has 1 saturated carbocycles. The minimum atomic E-state index is -0.0429. The standard InChI is InChI=1S/C17H17ClN2O/c18-16-14(7-4-8-15(16)19)17(21)20(13-9-10-13)11-12-5-2-1-3-6-12/h1-8,13H,9-11,19H2. The van der Waals surface area contributed by atoms with Crippen LogP contribution in [0.25, 0.3) is 0 Å². The van der Waals surface area contributed by atoms with Crippen LogP contribution < -0.4 is 5.73 Å². The molecule has 1 aliphatic rings. The Morgan fingerprint density at radius 1 is 1.14 bits per heavy atom. The maximum absolute atomic E-state index is 12.8. The number of benzene rings is 2. The molecule has 0 aromatic heterocycles. The number of anilines is 1. The molecule has 21 heavy (non-hydrogen) atoms. The van der Waals surface area contributed by atoms with Gasteiger partial charge >= 0.3 is 0 Å². The topological polar surface area (TPSA) is 46.3 Å². The normalized spacial score (nSPS) is 14.0. The lowest BCUT2D eigenvalue weighted by Crippen LogP contribution is -2.32. The second-order valence-electron chi connectivity index (χ2n) is 5.36. The van der Waals surface area contributed by atoms with Crippen LogP contribution in [0, 0.1) is 0 Å². The third-order valence-corrected chi connectivity index (χ3v) is 4.13. The van der Waals surface area contributed by atoms with Gasteiger partial charge in [-0.05, 0) is 30.5 Å².